The van der Waals surface area contributed by atoms with Gasteiger partial charge in [-0.2, -0.15) is 0 Å². The Kier molecular flexibility index (Phi) is 10.2. The van der Waals surface area contributed by atoms with Gasteiger partial charge in [0.05, 0.1) is 5.52 Å². The summed E-state index contributed by atoms with van der Waals surface area (Å²) in [6.07, 6.45) is 2.31. The molecule has 0 aliphatic heterocycles. The van der Waals surface area contributed by atoms with Gasteiger partial charge in [0.25, 0.3) is 0 Å². The molecule has 174 valence electrons. The zero-order valence-electron chi connectivity index (χ0n) is 18.8. The van der Waals surface area contributed by atoms with Gasteiger partial charge in [0.15, 0.2) is 5.82 Å². The topological polar surface area (TPSA) is 119 Å². The van der Waals surface area contributed by atoms with E-state index in [0.29, 0.717) is 6.04 Å². The number of hydrogen-bond acceptors (Lipinski definition) is 5. The van der Waals surface area contributed by atoms with Crippen LogP contribution in [0.3, 0.4) is 0 Å². The lowest BCUT2D eigenvalue weighted by molar-refractivity contribution is 0.275. The summed E-state index contributed by atoms with van der Waals surface area (Å²) in [5.41, 5.74) is 2.02. The van der Waals surface area contributed by atoms with Crippen molar-refractivity contribution < 1.29 is 19.2 Å². The molecule has 0 amide bonds. The first kappa shape index (κ1) is 25.9. The first-order valence-corrected chi connectivity index (χ1v) is 12.4. The van der Waals surface area contributed by atoms with Gasteiger partial charge in [-0.05, 0) is 51.5 Å². The minimum atomic E-state index is -4.64. The summed E-state index contributed by atoms with van der Waals surface area (Å²) < 4.78 is 8.88. The van der Waals surface area contributed by atoms with E-state index in [-0.39, 0.29) is 0 Å². The molecule has 0 bridgehead atoms. The van der Waals surface area contributed by atoms with Crippen LogP contribution in [-0.2, 0) is 4.57 Å². The number of fused-ring (bicyclic) bond motifs is 1. The van der Waals surface area contributed by atoms with Gasteiger partial charge in [-0.1, -0.05) is 56.3 Å². The van der Waals surface area contributed by atoms with Crippen LogP contribution in [0.15, 0.2) is 54.6 Å². The van der Waals surface area contributed by atoms with E-state index in [1.54, 1.807) is 0 Å². The van der Waals surface area contributed by atoms with Crippen molar-refractivity contribution in [1.82, 2.24) is 14.9 Å². The van der Waals surface area contributed by atoms with Crippen molar-refractivity contribution in [2.45, 2.75) is 39.7 Å². The molecule has 0 aliphatic rings. The lowest BCUT2D eigenvalue weighted by Gasteiger charge is -2.20. The number of para-hydroxylation sites is 1. The summed E-state index contributed by atoms with van der Waals surface area (Å²) >= 11 is 0. The van der Waals surface area contributed by atoms with Crippen LogP contribution in [0.2, 0.25) is 0 Å². The smallest absolute Gasteiger partial charge is 0.367 e. The van der Waals surface area contributed by atoms with Crippen LogP contribution < -0.4 is 5.32 Å². The van der Waals surface area contributed by atoms with Crippen molar-refractivity contribution in [2.75, 3.05) is 25.0 Å². The average molecular weight is 461 g/mol. The normalized spacial score (nSPS) is 12.3. The van der Waals surface area contributed by atoms with Crippen LogP contribution in [0.4, 0.5) is 5.82 Å². The number of anilines is 1. The van der Waals surface area contributed by atoms with E-state index >= 15 is 0 Å². The first-order chi connectivity index (χ1) is 15.2. The zero-order valence-corrected chi connectivity index (χ0v) is 19.7. The van der Waals surface area contributed by atoms with Crippen molar-refractivity contribution in [3.63, 3.8) is 0 Å². The van der Waals surface area contributed by atoms with Crippen LogP contribution in [0, 0.1) is 0 Å². The summed E-state index contributed by atoms with van der Waals surface area (Å²) in [5, 5.41) is 4.71. The molecule has 8 nitrogen and oxygen atoms in total. The van der Waals surface area contributed by atoms with E-state index in [1.165, 1.54) is 6.42 Å². The first-order valence-electron chi connectivity index (χ1n) is 10.8. The number of aromatic nitrogens is 2. The highest BCUT2D eigenvalue weighted by molar-refractivity contribution is 7.45. The van der Waals surface area contributed by atoms with Crippen molar-refractivity contribution in [1.29, 1.82) is 0 Å². The minimum absolute atomic E-state index is 0.363. The molecule has 0 saturated carbocycles. The maximum Gasteiger partial charge on any atom is 0.466 e. The van der Waals surface area contributed by atoms with E-state index in [1.807, 2.05) is 30.3 Å². The summed E-state index contributed by atoms with van der Waals surface area (Å²) in [5.74, 6) is 1.70. The third-order valence-electron chi connectivity index (χ3n) is 5.02. The molecule has 1 heterocycles. The molecule has 0 spiro atoms. The lowest BCUT2D eigenvalue weighted by atomic mass is 10.1. The average Bonchev–Trinajstić information content (AvgIpc) is 2.76. The highest BCUT2D eigenvalue weighted by Crippen LogP contribution is 2.26. The van der Waals surface area contributed by atoms with Gasteiger partial charge in [-0.3, -0.25) is 0 Å². The Morgan fingerprint density at radius 1 is 0.969 bits per heavy atom. The van der Waals surface area contributed by atoms with Crippen molar-refractivity contribution >= 4 is 24.5 Å². The second-order valence-electron chi connectivity index (χ2n) is 7.51. The van der Waals surface area contributed by atoms with E-state index in [0.717, 1.165) is 54.2 Å². The minimum Gasteiger partial charge on any atom is -0.367 e. The fourth-order valence-corrected chi connectivity index (χ4v) is 3.37. The molecule has 2 aromatic carbocycles. The molecule has 3 aromatic rings. The SMILES string of the molecule is CCN(CC)CCCC(C)Nc1nc(-c2ccccc2)nc2ccccc12.O=P(O)(O)O. The third-order valence-corrected chi connectivity index (χ3v) is 5.02. The number of nitrogens with zero attached hydrogens (tertiary/aromatic N) is 3. The number of benzene rings is 2. The summed E-state index contributed by atoms with van der Waals surface area (Å²) in [4.78, 5) is 33.7. The predicted octanol–water partition coefficient (Wildman–Crippen LogP) is 4.29. The van der Waals surface area contributed by atoms with Crippen LogP contribution in [0.25, 0.3) is 22.3 Å². The lowest BCUT2D eigenvalue weighted by Crippen LogP contribution is -2.25. The van der Waals surface area contributed by atoms with Crippen molar-refractivity contribution in [2.24, 2.45) is 0 Å². The fourth-order valence-electron chi connectivity index (χ4n) is 3.37. The van der Waals surface area contributed by atoms with Crippen LogP contribution >= 0.6 is 7.82 Å². The van der Waals surface area contributed by atoms with Crippen molar-refractivity contribution in [3.05, 3.63) is 54.6 Å². The van der Waals surface area contributed by atoms with Gasteiger partial charge in [-0.15, -0.1) is 0 Å². The summed E-state index contributed by atoms with van der Waals surface area (Å²) in [6, 6.07) is 18.8. The molecule has 1 unspecified atom stereocenters. The van der Waals surface area contributed by atoms with E-state index in [9.17, 15) is 0 Å². The van der Waals surface area contributed by atoms with E-state index in [2.05, 4.69) is 55.3 Å². The molecule has 4 N–H and O–H groups in total. The molecular weight excluding hydrogens is 427 g/mol. The Morgan fingerprint density at radius 3 is 2.19 bits per heavy atom. The van der Waals surface area contributed by atoms with Crippen LogP contribution in [0.1, 0.15) is 33.6 Å². The molecule has 0 saturated heterocycles. The third kappa shape index (κ3) is 9.02. The van der Waals surface area contributed by atoms with E-state index < -0.39 is 7.82 Å². The van der Waals surface area contributed by atoms with Gasteiger partial charge in [0, 0.05) is 17.0 Å². The second-order valence-corrected chi connectivity index (χ2v) is 8.53. The van der Waals surface area contributed by atoms with Gasteiger partial charge in [0.1, 0.15) is 5.82 Å². The number of nitrogens with one attached hydrogen (secondary N) is 1. The molecule has 0 fully saturated rings. The monoisotopic (exact) mass is 460 g/mol. The number of phosphoric acid groups is 1. The highest BCUT2D eigenvalue weighted by Gasteiger charge is 2.12. The van der Waals surface area contributed by atoms with E-state index in [4.69, 9.17) is 29.2 Å². The Hall–Kier alpha value is -2.35. The maximum absolute atomic E-state index is 8.88. The van der Waals surface area contributed by atoms with Gasteiger partial charge in [0.2, 0.25) is 0 Å². The molecule has 1 atom stereocenters. The second kappa shape index (κ2) is 12.6. The Labute approximate surface area is 189 Å². The van der Waals surface area contributed by atoms with Gasteiger partial charge < -0.3 is 24.9 Å². The highest BCUT2D eigenvalue weighted by atomic mass is 31.2. The van der Waals surface area contributed by atoms with Crippen LogP contribution in [-0.4, -0.2) is 55.2 Å². The summed E-state index contributed by atoms with van der Waals surface area (Å²) in [6.45, 7) is 10.1. The Morgan fingerprint density at radius 2 is 1.56 bits per heavy atom. The molecule has 9 heteroatoms. The molecule has 0 aliphatic carbocycles. The Bertz CT molecular complexity index is 1000. The molecular formula is C23H33N4O4P. The predicted molar refractivity (Wildman–Crippen MR) is 129 cm³/mol. The van der Waals surface area contributed by atoms with Gasteiger partial charge >= 0.3 is 7.82 Å². The fraction of sp³-hybridized carbons (Fsp3) is 0.391. The van der Waals surface area contributed by atoms with Gasteiger partial charge in [-0.25, -0.2) is 14.5 Å². The zero-order chi connectivity index (χ0) is 23.6. The summed E-state index contributed by atoms with van der Waals surface area (Å²) in [7, 11) is -4.64. The molecule has 1 aromatic heterocycles. The number of hydrogen-bond donors (Lipinski definition) is 4. The largest absolute Gasteiger partial charge is 0.466 e. The standard InChI is InChI=1S/C23H30N4.H3O4P/c1-4-27(5-2)17-11-12-18(3)24-23-20-15-9-10-16-21(20)25-22(26-23)19-13-7-6-8-14-19;1-5(2,3)4/h6-10,13-16,18H,4-5,11-12,17H2,1-3H3,(H,24,25,26);(H3,1,2,3,4). The van der Waals surface area contributed by atoms with Crippen molar-refractivity contribution in [3.8, 4) is 11.4 Å². The molecule has 3 rings (SSSR count). The number of rotatable bonds is 9. The molecule has 32 heavy (non-hydrogen) atoms. The van der Waals surface area contributed by atoms with Crippen LogP contribution in [0.5, 0.6) is 0 Å². The quantitative estimate of drug-likeness (QED) is 0.349. The Balaban J connectivity index is 0.000000654. The molecule has 0 radical (unpaired) electrons. The maximum atomic E-state index is 8.88.